The van der Waals surface area contributed by atoms with Gasteiger partial charge < -0.3 is 25.0 Å². The van der Waals surface area contributed by atoms with Gasteiger partial charge in [0.2, 0.25) is 0 Å². The van der Waals surface area contributed by atoms with Gasteiger partial charge in [0, 0.05) is 0 Å². The molecule has 0 spiro atoms. The number of ether oxygens (including phenoxy) is 2. The van der Waals surface area contributed by atoms with Crippen LogP contribution in [0.15, 0.2) is 0 Å². The Bertz CT molecular complexity index is 408. The summed E-state index contributed by atoms with van der Waals surface area (Å²) in [5.74, 6) is -5.08. The van der Waals surface area contributed by atoms with E-state index >= 15 is 0 Å². The molecule has 0 radical (unpaired) electrons. The average Bonchev–Trinajstić information content (AvgIpc) is 2.32. The lowest BCUT2D eigenvalue weighted by Gasteiger charge is -2.27. The van der Waals surface area contributed by atoms with E-state index in [9.17, 15) is 18.8 Å². The Balaban J connectivity index is 5.09. The molecule has 2 atom stereocenters. The standard InChI is InChI=1S/C14H24FNO7/c1-8(22-6-5-15)7-9(10(11(17)18)12(19)20)16-13(21)23-14(2,3)4/h8-10H,5-7H2,1-4H3,(H,16,21)(H,17,18)(H,19,20). The molecule has 0 aromatic rings. The van der Waals surface area contributed by atoms with Gasteiger partial charge in [-0.2, -0.15) is 0 Å². The highest BCUT2D eigenvalue weighted by atomic mass is 19.1. The summed E-state index contributed by atoms with van der Waals surface area (Å²) in [5.41, 5.74) is -0.826. The Morgan fingerprint density at radius 1 is 1.17 bits per heavy atom. The number of aliphatic carboxylic acids is 2. The van der Waals surface area contributed by atoms with E-state index in [4.69, 9.17) is 19.7 Å². The molecule has 0 heterocycles. The van der Waals surface area contributed by atoms with Crippen LogP contribution in [0.4, 0.5) is 9.18 Å². The van der Waals surface area contributed by atoms with E-state index in [1.54, 1.807) is 20.8 Å². The zero-order valence-electron chi connectivity index (χ0n) is 13.7. The SMILES string of the molecule is CC(CC(NC(=O)OC(C)(C)C)C(C(=O)O)C(=O)O)OCCF. The molecule has 0 rings (SSSR count). The minimum Gasteiger partial charge on any atom is -0.481 e. The number of alkyl halides is 1. The number of rotatable bonds is 9. The van der Waals surface area contributed by atoms with Crippen molar-refractivity contribution < 1.29 is 38.5 Å². The highest BCUT2D eigenvalue weighted by molar-refractivity contribution is 5.94. The maximum atomic E-state index is 12.1. The van der Waals surface area contributed by atoms with E-state index in [0.29, 0.717) is 0 Å². The number of halogens is 1. The van der Waals surface area contributed by atoms with Crippen LogP contribution in [0.1, 0.15) is 34.1 Å². The number of alkyl carbamates (subject to hydrolysis) is 1. The van der Waals surface area contributed by atoms with Crippen molar-refractivity contribution in [1.82, 2.24) is 5.32 Å². The molecule has 0 bridgehead atoms. The lowest BCUT2D eigenvalue weighted by molar-refractivity contribution is -0.156. The minimum atomic E-state index is -1.88. The van der Waals surface area contributed by atoms with Gasteiger partial charge >= 0.3 is 18.0 Å². The molecule has 0 aliphatic heterocycles. The van der Waals surface area contributed by atoms with Gasteiger partial charge in [0.25, 0.3) is 0 Å². The van der Waals surface area contributed by atoms with E-state index < -0.39 is 48.4 Å². The Morgan fingerprint density at radius 2 is 1.70 bits per heavy atom. The average molecular weight is 337 g/mol. The first-order valence-corrected chi connectivity index (χ1v) is 7.10. The molecule has 0 aliphatic rings. The number of carboxylic acid groups (broad SMARTS) is 2. The zero-order chi connectivity index (χ0) is 18.2. The summed E-state index contributed by atoms with van der Waals surface area (Å²) in [4.78, 5) is 34.1. The maximum absolute atomic E-state index is 12.1. The largest absolute Gasteiger partial charge is 0.481 e. The van der Waals surface area contributed by atoms with E-state index in [2.05, 4.69) is 5.32 Å². The first kappa shape index (κ1) is 21.1. The van der Waals surface area contributed by atoms with Gasteiger partial charge in [0.15, 0.2) is 5.92 Å². The second-order valence-corrected chi connectivity index (χ2v) is 6.01. The molecule has 0 fully saturated rings. The number of hydrogen-bond donors (Lipinski definition) is 3. The molecular weight excluding hydrogens is 313 g/mol. The molecular formula is C14H24FNO7. The monoisotopic (exact) mass is 337 g/mol. The Hall–Kier alpha value is -1.90. The Labute approximate surface area is 133 Å². The third-order valence-electron chi connectivity index (χ3n) is 2.70. The van der Waals surface area contributed by atoms with Crippen molar-refractivity contribution >= 4 is 18.0 Å². The quantitative estimate of drug-likeness (QED) is 0.544. The van der Waals surface area contributed by atoms with Crippen molar-refractivity contribution in [3.63, 3.8) is 0 Å². The van der Waals surface area contributed by atoms with Crippen LogP contribution in [-0.4, -0.2) is 59.3 Å². The summed E-state index contributed by atoms with van der Waals surface area (Å²) in [5, 5.41) is 20.4. The Kier molecular flexibility index (Phi) is 8.52. The van der Waals surface area contributed by atoms with Crippen molar-refractivity contribution in [3.05, 3.63) is 0 Å². The van der Waals surface area contributed by atoms with Gasteiger partial charge in [0.05, 0.1) is 18.8 Å². The molecule has 0 aromatic heterocycles. The number of carbonyl (C=O) groups is 3. The smallest absolute Gasteiger partial charge is 0.407 e. The normalized spacial score (nSPS) is 14.2. The molecule has 3 N–H and O–H groups in total. The number of amides is 1. The van der Waals surface area contributed by atoms with Crippen LogP contribution in [-0.2, 0) is 19.1 Å². The van der Waals surface area contributed by atoms with Crippen LogP contribution in [0.3, 0.4) is 0 Å². The molecule has 0 aliphatic carbocycles. The van der Waals surface area contributed by atoms with Crippen LogP contribution in [0, 0.1) is 5.92 Å². The second kappa shape index (κ2) is 9.29. The number of carbonyl (C=O) groups excluding carboxylic acids is 1. The fourth-order valence-corrected chi connectivity index (χ4v) is 1.86. The number of nitrogens with one attached hydrogen (secondary N) is 1. The van der Waals surface area contributed by atoms with Gasteiger partial charge in [-0.3, -0.25) is 9.59 Å². The highest BCUT2D eigenvalue weighted by Crippen LogP contribution is 2.15. The molecule has 134 valence electrons. The molecule has 9 heteroatoms. The van der Waals surface area contributed by atoms with Crippen LogP contribution in [0.25, 0.3) is 0 Å². The zero-order valence-corrected chi connectivity index (χ0v) is 13.7. The Morgan fingerprint density at radius 3 is 2.09 bits per heavy atom. The van der Waals surface area contributed by atoms with Gasteiger partial charge in [-0.25, -0.2) is 9.18 Å². The minimum absolute atomic E-state index is 0.123. The summed E-state index contributed by atoms with van der Waals surface area (Å²) >= 11 is 0. The molecule has 8 nitrogen and oxygen atoms in total. The molecule has 0 aromatic carbocycles. The van der Waals surface area contributed by atoms with Crippen LogP contribution >= 0.6 is 0 Å². The summed E-state index contributed by atoms with van der Waals surface area (Å²) in [6.07, 6.45) is -1.71. The molecule has 2 unspecified atom stereocenters. The second-order valence-electron chi connectivity index (χ2n) is 6.01. The predicted octanol–water partition coefficient (Wildman–Crippen LogP) is 1.43. The summed E-state index contributed by atoms with van der Waals surface area (Å²) in [6, 6.07) is -1.27. The van der Waals surface area contributed by atoms with Crippen LogP contribution in [0.5, 0.6) is 0 Å². The van der Waals surface area contributed by atoms with Crippen molar-refractivity contribution in [1.29, 1.82) is 0 Å². The van der Waals surface area contributed by atoms with Crippen molar-refractivity contribution in [2.24, 2.45) is 5.92 Å². The topological polar surface area (TPSA) is 122 Å². The van der Waals surface area contributed by atoms with Crippen molar-refractivity contribution in [2.45, 2.75) is 51.9 Å². The van der Waals surface area contributed by atoms with Gasteiger partial charge in [-0.1, -0.05) is 0 Å². The maximum Gasteiger partial charge on any atom is 0.407 e. The van der Waals surface area contributed by atoms with Crippen LogP contribution in [0.2, 0.25) is 0 Å². The highest BCUT2D eigenvalue weighted by Gasteiger charge is 2.37. The molecule has 0 saturated heterocycles. The molecule has 1 amide bonds. The summed E-state index contributed by atoms with van der Waals surface area (Å²) in [7, 11) is 0. The summed E-state index contributed by atoms with van der Waals surface area (Å²) < 4.78 is 22.2. The van der Waals surface area contributed by atoms with E-state index in [-0.39, 0.29) is 13.0 Å². The van der Waals surface area contributed by atoms with E-state index in [1.807, 2.05) is 0 Å². The lowest BCUT2D eigenvalue weighted by atomic mass is 9.95. The van der Waals surface area contributed by atoms with Gasteiger partial charge in [-0.05, 0) is 34.1 Å². The fourth-order valence-electron chi connectivity index (χ4n) is 1.86. The van der Waals surface area contributed by atoms with Crippen LogP contribution < -0.4 is 5.32 Å². The predicted molar refractivity (Wildman–Crippen MR) is 77.9 cm³/mol. The third kappa shape index (κ3) is 8.97. The first-order valence-electron chi connectivity index (χ1n) is 7.10. The third-order valence-corrected chi connectivity index (χ3v) is 2.70. The molecule has 23 heavy (non-hydrogen) atoms. The lowest BCUT2D eigenvalue weighted by Crippen LogP contribution is -2.49. The number of hydrogen-bond acceptors (Lipinski definition) is 5. The van der Waals surface area contributed by atoms with E-state index in [1.165, 1.54) is 6.92 Å². The van der Waals surface area contributed by atoms with Crippen molar-refractivity contribution in [3.8, 4) is 0 Å². The number of carboxylic acids is 2. The van der Waals surface area contributed by atoms with E-state index in [0.717, 1.165) is 0 Å². The van der Waals surface area contributed by atoms with Crippen molar-refractivity contribution in [2.75, 3.05) is 13.3 Å². The first-order chi connectivity index (χ1) is 10.5. The molecule has 0 saturated carbocycles. The van der Waals surface area contributed by atoms with Gasteiger partial charge in [-0.15, -0.1) is 0 Å². The van der Waals surface area contributed by atoms with Gasteiger partial charge in [0.1, 0.15) is 12.3 Å². The summed E-state index contributed by atoms with van der Waals surface area (Å²) in [6.45, 7) is 5.43. The fraction of sp³-hybridized carbons (Fsp3) is 0.786.